The van der Waals surface area contributed by atoms with Crippen molar-refractivity contribution >= 4 is 28.5 Å². The first kappa shape index (κ1) is 16.1. The third kappa shape index (κ3) is 3.24. The van der Waals surface area contributed by atoms with Gasteiger partial charge < -0.3 is 14.4 Å². The van der Waals surface area contributed by atoms with Gasteiger partial charge in [0.05, 0.1) is 17.1 Å². The van der Waals surface area contributed by atoms with E-state index >= 15 is 0 Å². The highest BCUT2D eigenvalue weighted by molar-refractivity contribution is 6.29. The molecule has 1 aliphatic heterocycles. The van der Waals surface area contributed by atoms with E-state index in [4.69, 9.17) is 16.1 Å². The third-order valence-electron chi connectivity index (χ3n) is 4.47. The van der Waals surface area contributed by atoms with E-state index in [9.17, 15) is 9.18 Å². The van der Waals surface area contributed by atoms with Crippen LogP contribution in [0.4, 0.5) is 4.39 Å². The Morgan fingerprint density at radius 3 is 3.12 bits per heavy atom. The Bertz CT molecular complexity index is 922. The minimum absolute atomic E-state index is 0.0293. The van der Waals surface area contributed by atoms with Gasteiger partial charge in [0.2, 0.25) is 5.91 Å². The van der Waals surface area contributed by atoms with E-state index in [-0.39, 0.29) is 22.9 Å². The van der Waals surface area contributed by atoms with Gasteiger partial charge in [-0.15, -0.1) is 0 Å². The Morgan fingerprint density at radius 1 is 1.44 bits per heavy atom. The minimum atomic E-state index is -0.312. The minimum Gasteiger partial charge on any atom is -0.360 e. The molecule has 0 spiro atoms. The molecule has 1 N–H and O–H groups in total. The normalized spacial score (nSPS) is 17.5. The second kappa shape index (κ2) is 6.48. The first-order valence-electron chi connectivity index (χ1n) is 8.16. The summed E-state index contributed by atoms with van der Waals surface area (Å²) in [6.45, 7) is 0.687. The molecule has 3 aromatic rings. The Morgan fingerprint density at radius 2 is 2.32 bits per heavy atom. The fourth-order valence-corrected chi connectivity index (χ4v) is 3.44. The van der Waals surface area contributed by atoms with Gasteiger partial charge in [-0.25, -0.2) is 9.37 Å². The predicted molar refractivity (Wildman–Crippen MR) is 89.6 cm³/mol. The molecule has 0 radical (unpaired) electrons. The lowest BCUT2D eigenvalue weighted by molar-refractivity contribution is -0.132. The van der Waals surface area contributed by atoms with Crippen molar-refractivity contribution in [3.63, 3.8) is 0 Å². The Labute approximate surface area is 148 Å². The van der Waals surface area contributed by atoms with Gasteiger partial charge in [-0.05, 0) is 31.0 Å². The average molecular weight is 363 g/mol. The number of carbonyl (C=O) groups excluding carboxylic acids is 1. The summed E-state index contributed by atoms with van der Waals surface area (Å²) in [6.07, 6.45) is 2.52. The van der Waals surface area contributed by atoms with Gasteiger partial charge in [-0.2, -0.15) is 0 Å². The van der Waals surface area contributed by atoms with Crippen molar-refractivity contribution in [2.24, 2.45) is 0 Å². The number of imidazole rings is 1. The summed E-state index contributed by atoms with van der Waals surface area (Å²) in [6, 6.07) is 5.94. The van der Waals surface area contributed by atoms with Crippen molar-refractivity contribution in [1.29, 1.82) is 0 Å². The summed E-state index contributed by atoms with van der Waals surface area (Å²) in [5.74, 6) is 1.01. The molecule has 3 heterocycles. The van der Waals surface area contributed by atoms with Crippen LogP contribution < -0.4 is 0 Å². The lowest BCUT2D eigenvalue weighted by Crippen LogP contribution is -2.31. The molecule has 130 valence electrons. The number of hydrogen-bond donors (Lipinski definition) is 1. The van der Waals surface area contributed by atoms with Crippen molar-refractivity contribution < 1.29 is 13.7 Å². The van der Waals surface area contributed by atoms with E-state index in [1.807, 2.05) is 4.90 Å². The standard InChI is InChI=1S/C17H16ClFN4O2/c18-15-9-11(25-22-15)4-6-16(24)23-7-1-2-14(23)17-20-12-5-3-10(19)8-13(12)21-17/h3,5,8-9,14H,1-2,4,6-7H2,(H,20,21). The lowest BCUT2D eigenvalue weighted by atomic mass is 10.2. The number of rotatable bonds is 4. The maximum absolute atomic E-state index is 13.4. The molecule has 0 saturated carbocycles. The second-order valence-corrected chi connectivity index (χ2v) is 6.53. The Hall–Kier alpha value is -2.41. The average Bonchev–Trinajstić information content (AvgIpc) is 3.30. The molecule has 8 heteroatoms. The Kier molecular flexibility index (Phi) is 4.17. The number of likely N-dealkylation sites (tertiary alicyclic amines) is 1. The van der Waals surface area contributed by atoms with Crippen LogP contribution in [0.3, 0.4) is 0 Å². The van der Waals surface area contributed by atoms with Crippen LogP contribution >= 0.6 is 11.6 Å². The number of aromatic nitrogens is 3. The number of halogens is 2. The van der Waals surface area contributed by atoms with E-state index in [1.165, 1.54) is 12.1 Å². The van der Waals surface area contributed by atoms with E-state index in [2.05, 4.69) is 15.1 Å². The molecule has 1 unspecified atom stereocenters. The third-order valence-corrected chi connectivity index (χ3v) is 4.64. The number of aromatic amines is 1. The lowest BCUT2D eigenvalue weighted by Gasteiger charge is -2.23. The van der Waals surface area contributed by atoms with E-state index in [1.54, 1.807) is 12.1 Å². The highest BCUT2D eigenvalue weighted by Crippen LogP contribution is 2.32. The molecule has 1 atom stereocenters. The van der Waals surface area contributed by atoms with Crippen LogP contribution in [-0.4, -0.2) is 32.5 Å². The second-order valence-electron chi connectivity index (χ2n) is 6.14. The fraction of sp³-hybridized carbons (Fsp3) is 0.353. The molecule has 1 fully saturated rings. The molecule has 1 aliphatic rings. The number of carbonyl (C=O) groups is 1. The molecule has 1 aromatic carbocycles. The zero-order valence-corrected chi connectivity index (χ0v) is 14.1. The number of H-pyrrole nitrogens is 1. The SMILES string of the molecule is O=C(CCc1cc(Cl)no1)N1CCCC1c1nc2ccc(F)cc2[nH]1. The number of nitrogens with zero attached hydrogens (tertiary/aromatic N) is 3. The summed E-state index contributed by atoms with van der Waals surface area (Å²) in [5, 5.41) is 3.89. The number of nitrogens with one attached hydrogen (secondary N) is 1. The molecular weight excluding hydrogens is 347 g/mol. The molecular formula is C17H16ClFN4O2. The topological polar surface area (TPSA) is 75.0 Å². The maximum Gasteiger partial charge on any atom is 0.223 e. The van der Waals surface area contributed by atoms with Crippen LogP contribution in [0, 0.1) is 5.82 Å². The zero-order chi connectivity index (χ0) is 17.4. The van der Waals surface area contributed by atoms with Gasteiger partial charge in [0.1, 0.15) is 17.4 Å². The molecule has 6 nitrogen and oxygen atoms in total. The highest BCUT2D eigenvalue weighted by atomic mass is 35.5. The van der Waals surface area contributed by atoms with Crippen LogP contribution in [0.15, 0.2) is 28.8 Å². The monoisotopic (exact) mass is 362 g/mol. The number of amides is 1. The quantitative estimate of drug-likeness (QED) is 0.768. The van der Waals surface area contributed by atoms with Crippen LogP contribution in [0.25, 0.3) is 11.0 Å². The van der Waals surface area contributed by atoms with Gasteiger partial charge in [-0.3, -0.25) is 4.79 Å². The van der Waals surface area contributed by atoms with E-state index in [0.29, 0.717) is 42.0 Å². The summed E-state index contributed by atoms with van der Waals surface area (Å²) in [7, 11) is 0. The van der Waals surface area contributed by atoms with Crippen molar-refractivity contribution in [1.82, 2.24) is 20.0 Å². The maximum atomic E-state index is 13.4. The summed E-state index contributed by atoms with van der Waals surface area (Å²) in [5.41, 5.74) is 1.35. The van der Waals surface area contributed by atoms with E-state index < -0.39 is 0 Å². The Balaban J connectivity index is 1.49. The van der Waals surface area contributed by atoms with Gasteiger partial charge in [-0.1, -0.05) is 16.8 Å². The number of hydrogen-bond acceptors (Lipinski definition) is 4. The smallest absolute Gasteiger partial charge is 0.223 e. The first-order valence-corrected chi connectivity index (χ1v) is 8.54. The van der Waals surface area contributed by atoms with Crippen LogP contribution in [0.1, 0.15) is 36.9 Å². The highest BCUT2D eigenvalue weighted by Gasteiger charge is 2.32. The largest absolute Gasteiger partial charge is 0.360 e. The van der Waals surface area contributed by atoms with Gasteiger partial charge in [0, 0.05) is 25.5 Å². The summed E-state index contributed by atoms with van der Waals surface area (Å²) in [4.78, 5) is 22.1. The molecule has 1 saturated heterocycles. The summed E-state index contributed by atoms with van der Waals surface area (Å²) < 4.78 is 18.4. The summed E-state index contributed by atoms with van der Waals surface area (Å²) >= 11 is 5.72. The zero-order valence-electron chi connectivity index (χ0n) is 13.3. The fourth-order valence-electron chi connectivity index (χ4n) is 3.29. The molecule has 25 heavy (non-hydrogen) atoms. The van der Waals surface area contributed by atoms with Gasteiger partial charge in [0.15, 0.2) is 5.15 Å². The molecule has 0 aliphatic carbocycles. The molecule has 1 amide bonds. The predicted octanol–water partition coefficient (Wildman–Crippen LogP) is 3.64. The van der Waals surface area contributed by atoms with Crippen molar-refractivity contribution in [2.45, 2.75) is 31.7 Å². The van der Waals surface area contributed by atoms with Gasteiger partial charge >= 0.3 is 0 Å². The number of fused-ring (bicyclic) bond motifs is 1. The molecule has 0 bridgehead atoms. The van der Waals surface area contributed by atoms with Crippen LogP contribution in [-0.2, 0) is 11.2 Å². The number of benzene rings is 1. The first-order chi connectivity index (χ1) is 12.1. The van der Waals surface area contributed by atoms with E-state index in [0.717, 1.165) is 12.8 Å². The van der Waals surface area contributed by atoms with Crippen molar-refractivity contribution in [3.05, 3.63) is 46.8 Å². The van der Waals surface area contributed by atoms with Gasteiger partial charge in [0.25, 0.3) is 0 Å². The molecule has 4 rings (SSSR count). The molecule has 2 aromatic heterocycles. The van der Waals surface area contributed by atoms with Crippen molar-refractivity contribution in [2.75, 3.05) is 6.54 Å². The van der Waals surface area contributed by atoms with Crippen LogP contribution in [0.5, 0.6) is 0 Å². The van der Waals surface area contributed by atoms with Crippen LogP contribution in [0.2, 0.25) is 5.15 Å². The van der Waals surface area contributed by atoms with Crippen molar-refractivity contribution in [3.8, 4) is 0 Å². The number of aryl methyl sites for hydroxylation is 1.